The normalized spacial score (nSPS) is 18.8. The highest BCUT2D eigenvalue weighted by Gasteiger charge is 2.30. The van der Waals surface area contributed by atoms with Crippen molar-refractivity contribution in [2.24, 2.45) is 0 Å². The lowest BCUT2D eigenvalue weighted by Gasteiger charge is -2.27. The fourth-order valence-corrected chi connectivity index (χ4v) is 1.52. The number of rotatable bonds is 5. The summed E-state index contributed by atoms with van der Waals surface area (Å²) >= 11 is 0. The lowest BCUT2D eigenvalue weighted by molar-refractivity contribution is -0.0280. The summed E-state index contributed by atoms with van der Waals surface area (Å²) in [4.78, 5) is 1.79. The largest absolute Gasteiger partial charge is 0.311 e. The fraction of sp³-hybridized carbons (Fsp3) is 0.800. The Labute approximate surface area is 84.0 Å². The first-order valence-electron chi connectivity index (χ1n) is 5.10. The van der Waals surface area contributed by atoms with Gasteiger partial charge < -0.3 is 5.32 Å². The Morgan fingerprint density at radius 1 is 1.43 bits per heavy atom. The lowest BCUT2D eigenvalue weighted by Crippen LogP contribution is -2.44. The lowest BCUT2D eigenvalue weighted by atomic mass is 10.2. The van der Waals surface area contributed by atoms with Gasteiger partial charge in [-0.05, 0) is 13.0 Å². The Morgan fingerprint density at radius 3 is 2.79 bits per heavy atom. The Hall–Kier alpha value is -0.480. The molecule has 1 rings (SSSR count). The summed E-state index contributed by atoms with van der Waals surface area (Å²) in [6, 6.07) is 0. The van der Waals surface area contributed by atoms with Crippen molar-refractivity contribution < 1.29 is 8.78 Å². The average molecular weight is 204 g/mol. The molecular formula is C10H18F2N2. The first-order valence-corrected chi connectivity index (χ1v) is 5.10. The molecule has 2 nitrogen and oxygen atoms in total. The highest BCUT2D eigenvalue weighted by molar-refractivity contribution is 4.92. The standard InChI is InChI=1S/C10H18F2N2/c1-2-13-8-10(11,12)9-14-6-4-3-5-7-14/h3-4,13H,2,5-9H2,1H3. The zero-order valence-electron chi connectivity index (χ0n) is 8.60. The van der Waals surface area contributed by atoms with Crippen LogP contribution in [-0.4, -0.2) is 43.5 Å². The topological polar surface area (TPSA) is 15.3 Å². The van der Waals surface area contributed by atoms with Gasteiger partial charge in [-0.25, -0.2) is 8.78 Å². The van der Waals surface area contributed by atoms with Gasteiger partial charge >= 0.3 is 0 Å². The molecule has 0 amide bonds. The van der Waals surface area contributed by atoms with Crippen LogP contribution in [0.1, 0.15) is 13.3 Å². The minimum Gasteiger partial charge on any atom is -0.311 e. The Morgan fingerprint density at radius 2 is 2.21 bits per heavy atom. The number of alkyl halides is 2. The number of hydrogen-bond acceptors (Lipinski definition) is 2. The van der Waals surface area contributed by atoms with Crippen LogP contribution in [0.2, 0.25) is 0 Å². The van der Waals surface area contributed by atoms with Gasteiger partial charge in [-0.3, -0.25) is 4.90 Å². The predicted molar refractivity (Wildman–Crippen MR) is 53.7 cm³/mol. The van der Waals surface area contributed by atoms with Crippen molar-refractivity contribution in [2.75, 3.05) is 32.7 Å². The van der Waals surface area contributed by atoms with Gasteiger partial charge in [-0.2, -0.15) is 0 Å². The third-order valence-corrected chi connectivity index (χ3v) is 2.23. The molecule has 14 heavy (non-hydrogen) atoms. The maximum absolute atomic E-state index is 13.3. The van der Waals surface area contributed by atoms with E-state index in [0.29, 0.717) is 13.1 Å². The molecule has 0 aliphatic carbocycles. The Balaban J connectivity index is 2.29. The van der Waals surface area contributed by atoms with Gasteiger partial charge in [0.2, 0.25) is 0 Å². The monoisotopic (exact) mass is 204 g/mol. The molecule has 0 saturated carbocycles. The van der Waals surface area contributed by atoms with E-state index in [4.69, 9.17) is 0 Å². The van der Waals surface area contributed by atoms with Crippen LogP contribution in [0.3, 0.4) is 0 Å². The van der Waals surface area contributed by atoms with Gasteiger partial charge in [0.15, 0.2) is 0 Å². The highest BCUT2D eigenvalue weighted by atomic mass is 19.3. The molecule has 1 aliphatic heterocycles. The van der Waals surface area contributed by atoms with Crippen LogP contribution in [-0.2, 0) is 0 Å². The van der Waals surface area contributed by atoms with E-state index < -0.39 is 5.92 Å². The maximum Gasteiger partial charge on any atom is 0.272 e. The fourth-order valence-electron chi connectivity index (χ4n) is 1.52. The van der Waals surface area contributed by atoms with Crippen LogP contribution in [0.4, 0.5) is 8.78 Å². The van der Waals surface area contributed by atoms with Gasteiger partial charge in [0.05, 0.1) is 13.1 Å². The van der Waals surface area contributed by atoms with Gasteiger partial charge in [0.1, 0.15) is 0 Å². The van der Waals surface area contributed by atoms with E-state index in [0.717, 1.165) is 13.0 Å². The van der Waals surface area contributed by atoms with Crippen LogP contribution in [0.15, 0.2) is 12.2 Å². The summed E-state index contributed by atoms with van der Waals surface area (Å²) < 4.78 is 26.5. The number of nitrogens with one attached hydrogen (secondary N) is 1. The summed E-state index contributed by atoms with van der Waals surface area (Å²) in [6.45, 7) is 3.48. The van der Waals surface area contributed by atoms with Gasteiger partial charge in [0.25, 0.3) is 5.92 Å². The quantitative estimate of drug-likeness (QED) is 0.683. The second-order valence-corrected chi connectivity index (χ2v) is 3.63. The highest BCUT2D eigenvalue weighted by Crippen LogP contribution is 2.15. The minimum atomic E-state index is -2.61. The van der Waals surface area contributed by atoms with Gasteiger partial charge in [-0.1, -0.05) is 19.1 Å². The summed E-state index contributed by atoms with van der Waals surface area (Å²) in [6.07, 6.45) is 4.88. The van der Waals surface area contributed by atoms with E-state index in [9.17, 15) is 8.78 Å². The first kappa shape index (κ1) is 11.6. The van der Waals surface area contributed by atoms with E-state index >= 15 is 0 Å². The molecule has 1 heterocycles. The Kier molecular flexibility index (Phi) is 4.48. The van der Waals surface area contributed by atoms with Crippen molar-refractivity contribution >= 4 is 0 Å². The summed E-state index contributed by atoms with van der Waals surface area (Å²) in [7, 11) is 0. The van der Waals surface area contributed by atoms with E-state index in [2.05, 4.69) is 5.32 Å². The molecule has 4 heteroatoms. The van der Waals surface area contributed by atoms with E-state index in [-0.39, 0.29) is 13.1 Å². The van der Waals surface area contributed by atoms with Crippen LogP contribution >= 0.6 is 0 Å². The minimum absolute atomic E-state index is 0.135. The Bertz CT molecular complexity index is 193. The molecule has 0 aromatic carbocycles. The van der Waals surface area contributed by atoms with Crippen molar-refractivity contribution in [2.45, 2.75) is 19.3 Å². The number of halogens is 2. The van der Waals surface area contributed by atoms with Crippen LogP contribution in [0.25, 0.3) is 0 Å². The zero-order valence-corrected chi connectivity index (χ0v) is 8.60. The summed E-state index contributed by atoms with van der Waals surface area (Å²) in [5.74, 6) is -2.61. The molecular weight excluding hydrogens is 186 g/mol. The first-order chi connectivity index (χ1) is 6.64. The third-order valence-electron chi connectivity index (χ3n) is 2.23. The van der Waals surface area contributed by atoms with Crippen molar-refractivity contribution in [3.05, 3.63) is 12.2 Å². The molecule has 1 aliphatic rings. The number of nitrogens with zero attached hydrogens (tertiary/aromatic N) is 1. The van der Waals surface area contributed by atoms with Crippen molar-refractivity contribution in [3.63, 3.8) is 0 Å². The molecule has 0 radical (unpaired) electrons. The van der Waals surface area contributed by atoms with E-state index in [1.54, 1.807) is 4.90 Å². The number of hydrogen-bond donors (Lipinski definition) is 1. The second-order valence-electron chi connectivity index (χ2n) is 3.63. The molecule has 1 N–H and O–H groups in total. The van der Waals surface area contributed by atoms with E-state index in [1.165, 1.54) is 0 Å². The molecule has 0 saturated heterocycles. The third kappa shape index (κ3) is 4.15. The van der Waals surface area contributed by atoms with Crippen molar-refractivity contribution in [1.82, 2.24) is 10.2 Å². The van der Waals surface area contributed by atoms with Gasteiger partial charge in [-0.15, -0.1) is 0 Å². The van der Waals surface area contributed by atoms with Crippen molar-refractivity contribution in [1.29, 1.82) is 0 Å². The van der Waals surface area contributed by atoms with Gasteiger partial charge in [0, 0.05) is 13.1 Å². The van der Waals surface area contributed by atoms with Crippen LogP contribution < -0.4 is 5.32 Å². The molecule has 0 atom stereocenters. The summed E-state index contributed by atoms with van der Waals surface area (Å²) in [5.41, 5.74) is 0. The zero-order chi connectivity index (χ0) is 10.4. The molecule has 0 bridgehead atoms. The molecule has 0 aromatic heterocycles. The summed E-state index contributed by atoms with van der Waals surface area (Å²) in [5, 5.41) is 2.68. The predicted octanol–water partition coefficient (Wildman–Crippen LogP) is 1.49. The second kappa shape index (κ2) is 5.41. The maximum atomic E-state index is 13.3. The van der Waals surface area contributed by atoms with E-state index in [1.807, 2.05) is 19.1 Å². The molecule has 0 unspecified atom stereocenters. The average Bonchev–Trinajstić information content (AvgIpc) is 2.16. The molecule has 82 valence electrons. The SMILES string of the molecule is CCNCC(F)(F)CN1CC=CCC1. The van der Waals surface area contributed by atoms with Crippen LogP contribution in [0, 0.1) is 0 Å². The van der Waals surface area contributed by atoms with Crippen molar-refractivity contribution in [3.8, 4) is 0 Å². The van der Waals surface area contributed by atoms with Crippen LogP contribution in [0.5, 0.6) is 0 Å². The molecule has 0 aromatic rings. The smallest absolute Gasteiger partial charge is 0.272 e. The molecule has 0 fully saturated rings. The molecule has 0 spiro atoms.